The maximum atomic E-state index is 5.89. The Kier molecular flexibility index (Phi) is 3.84. The van der Waals surface area contributed by atoms with Gasteiger partial charge in [-0.05, 0) is 30.2 Å². The van der Waals surface area contributed by atoms with Crippen LogP contribution in [0.25, 0.3) is 11.1 Å². The van der Waals surface area contributed by atoms with Crippen molar-refractivity contribution in [2.45, 2.75) is 6.92 Å². The van der Waals surface area contributed by atoms with Crippen LogP contribution in [0.1, 0.15) is 5.69 Å². The van der Waals surface area contributed by atoms with Gasteiger partial charge in [0.05, 0.1) is 0 Å². The second-order valence-corrected chi connectivity index (χ2v) is 4.92. The molecule has 4 heteroatoms. The molecule has 0 atom stereocenters. The van der Waals surface area contributed by atoms with Crippen molar-refractivity contribution in [2.75, 3.05) is 0 Å². The summed E-state index contributed by atoms with van der Waals surface area (Å²) in [6.45, 7) is 1.85. The third-order valence-electron chi connectivity index (χ3n) is 2.99. The molecular formula is C17H13ClN2O. The van der Waals surface area contributed by atoms with Gasteiger partial charge in [0.15, 0.2) is 0 Å². The molecule has 0 unspecified atom stereocenters. The van der Waals surface area contributed by atoms with Gasteiger partial charge in [-0.15, -0.1) is 0 Å². The third-order valence-corrected chi connectivity index (χ3v) is 3.16. The summed E-state index contributed by atoms with van der Waals surface area (Å²) < 4.78 is 5.89. The van der Waals surface area contributed by atoms with Gasteiger partial charge in [0.25, 0.3) is 0 Å². The summed E-state index contributed by atoms with van der Waals surface area (Å²) in [5.74, 6) is 1.17. The molecule has 104 valence electrons. The lowest BCUT2D eigenvalue weighted by molar-refractivity contribution is 0.462. The summed E-state index contributed by atoms with van der Waals surface area (Å²) in [6.07, 6.45) is 0. The Balaban J connectivity index is 2.00. The number of benzene rings is 2. The van der Waals surface area contributed by atoms with Crippen LogP contribution in [0.5, 0.6) is 11.6 Å². The van der Waals surface area contributed by atoms with Crippen LogP contribution in [0.4, 0.5) is 0 Å². The molecule has 0 amide bonds. The Morgan fingerprint density at radius 2 is 1.62 bits per heavy atom. The second kappa shape index (κ2) is 5.94. The summed E-state index contributed by atoms with van der Waals surface area (Å²) in [6, 6.07) is 19.7. The fraction of sp³-hybridized carbons (Fsp3) is 0.0588. The zero-order valence-electron chi connectivity index (χ0n) is 11.5. The van der Waals surface area contributed by atoms with Crippen molar-refractivity contribution in [3.8, 4) is 22.8 Å². The van der Waals surface area contributed by atoms with E-state index in [2.05, 4.69) is 9.97 Å². The number of nitrogens with zero attached hydrogens (tertiary/aromatic N) is 2. The van der Waals surface area contributed by atoms with Crippen LogP contribution < -0.4 is 4.74 Å². The molecule has 0 saturated carbocycles. The van der Waals surface area contributed by atoms with Crippen LogP contribution in [0.15, 0.2) is 60.7 Å². The van der Waals surface area contributed by atoms with E-state index >= 15 is 0 Å². The summed E-state index contributed by atoms with van der Waals surface area (Å²) in [5.41, 5.74) is 2.86. The van der Waals surface area contributed by atoms with Gasteiger partial charge in [0, 0.05) is 17.3 Å². The maximum Gasteiger partial charge on any atom is 0.225 e. The first-order valence-corrected chi connectivity index (χ1v) is 6.94. The molecule has 21 heavy (non-hydrogen) atoms. The number of para-hydroxylation sites is 1. The predicted octanol–water partition coefficient (Wildman–Crippen LogP) is 4.90. The number of halogens is 1. The van der Waals surface area contributed by atoms with Crippen molar-refractivity contribution >= 4 is 11.6 Å². The summed E-state index contributed by atoms with van der Waals surface area (Å²) >= 11 is 5.87. The van der Waals surface area contributed by atoms with Crippen LogP contribution in [-0.2, 0) is 0 Å². The Labute approximate surface area is 128 Å². The Morgan fingerprint density at radius 3 is 2.38 bits per heavy atom. The SMILES string of the molecule is Cc1cc(Oc2ccccc2-c2ccccc2)nc(Cl)n1. The van der Waals surface area contributed by atoms with Gasteiger partial charge < -0.3 is 4.74 Å². The Hall–Kier alpha value is -2.39. The molecule has 0 saturated heterocycles. The van der Waals surface area contributed by atoms with Gasteiger partial charge in [-0.25, -0.2) is 4.98 Å². The molecule has 0 fully saturated rings. The third kappa shape index (κ3) is 3.20. The fourth-order valence-electron chi connectivity index (χ4n) is 2.08. The lowest BCUT2D eigenvalue weighted by atomic mass is 10.1. The standard InChI is InChI=1S/C17H13ClN2O/c1-12-11-16(20-17(18)19-12)21-15-10-6-5-9-14(15)13-7-3-2-4-8-13/h2-11H,1H3. The highest BCUT2D eigenvalue weighted by molar-refractivity contribution is 6.28. The largest absolute Gasteiger partial charge is 0.438 e. The van der Waals surface area contributed by atoms with Crippen molar-refractivity contribution < 1.29 is 4.74 Å². The number of aromatic nitrogens is 2. The van der Waals surface area contributed by atoms with E-state index in [9.17, 15) is 0 Å². The molecule has 3 nitrogen and oxygen atoms in total. The predicted molar refractivity (Wildman–Crippen MR) is 83.7 cm³/mol. The highest BCUT2D eigenvalue weighted by atomic mass is 35.5. The second-order valence-electron chi connectivity index (χ2n) is 4.58. The van der Waals surface area contributed by atoms with Crippen molar-refractivity contribution in [1.82, 2.24) is 9.97 Å². The lowest BCUT2D eigenvalue weighted by Crippen LogP contribution is -1.94. The molecule has 1 heterocycles. The molecule has 0 spiro atoms. The van der Waals surface area contributed by atoms with Gasteiger partial charge in [-0.1, -0.05) is 48.5 Å². The fourth-order valence-corrected chi connectivity index (χ4v) is 2.30. The highest BCUT2D eigenvalue weighted by Gasteiger charge is 2.08. The average Bonchev–Trinajstić information content (AvgIpc) is 2.48. The molecule has 0 bridgehead atoms. The van der Waals surface area contributed by atoms with E-state index in [1.807, 2.05) is 61.5 Å². The lowest BCUT2D eigenvalue weighted by Gasteiger charge is -2.11. The minimum Gasteiger partial charge on any atom is -0.438 e. The number of ether oxygens (including phenoxy) is 1. The van der Waals surface area contributed by atoms with Crippen molar-refractivity contribution in [3.63, 3.8) is 0 Å². The van der Waals surface area contributed by atoms with Crippen molar-refractivity contribution in [1.29, 1.82) is 0 Å². The smallest absolute Gasteiger partial charge is 0.225 e. The number of hydrogen-bond donors (Lipinski definition) is 0. The molecule has 0 aliphatic heterocycles. The minimum absolute atomic E-state index is 0.183. The van der Waals surface area contributed by atoms with Gasteiger partial charge in [-0.2, -0.15) is 4.98 Å². The summed E-state index contributed by atoms with van der Waals surface area (Å²) in [7, 11) is 0. The molecule has 0 N–H and O–H groups in total. The van der Waals surface area contributed by atoms with Crippen LogP contribution in [0.3, 0.4) is 0 Å². The van der Waals surface area contributed by atoms with Gasteiger partial charge in [0.1, 0.15) is 5.75 Å². The molecule has 3 rings (SSSR count). The highest BCUT2D eigenvalue weighted by Crippen LogP contribution is 2.32. The van der Waals surface area contributed by atoms with E-state index in [4.69, 9.17) is 16.3 Å². The molecule has 0 aliphatic rings. The van der Waals surface area contributed by atoms with Gasteiger partial charge in [-0.3, -0.25) is 0 Å². The van der Waals surface area contributed by atoms with Crippen LogP contribution in [0.2, 0.25) is 5.28 Å². The molecule has 3 aromatic rings. The zero-order valence-corrected chi connectivity index (χ0v) is 12.2. The number of hydrogen-bond acceptors (Lipinski definition) is 3. The summed E-state index contributed by atoms with van der Waals surface area (Å²) in [5, 5.41) is 0.183. The van der Waals surface area contributed by atoms with Gasteiger partial charge >= 0.3 is 0 Å². The van der Waals surface area contributed by atoms with Crippen molar-refractivity contribution in [2.24, 2.45) is 0 Å². The van der Waals surface area contributed by atoms with E-state index < -0.39 is 0 Å². The van der Waals surface area contributed by atoms with Crippen molar-refractivity contribution in [3.05, 3.63) is 71.6 Å². The van der Waals surface area contributed by atoms with Crippen LogP contribution >= 0.6 is 11.6 Å². The topological polar surface area (TPSA) is 35.0 Å². The van der Waals surface area contributed by atoms with E-state index in [1.165, 1.54) is 0 Å². The summed E-state index contributed by atoms with van der Waals surface area (Å²) in [4.78, 5) is 8.13. The Morgan fingerprint density at radius 1 is 0.905 bits per heavy atom. The molecule has 2 aromatic carbocycles. The van der Waals surface area contributed by atoms with E-state index in [1.54, 1.807) is 6.07 Å². The average molecular weight is 297 g/mol. The first-order valence-electron chi connectivity index (χ1n) is 6.56. The molecular weight excluding hydrogens is 284 g/mol. The quantitative estimate of drug-likeness (QED) is 0.645. The van der Waals surface area contributed by atoms with E-state index in [0.717, 1.165) is 22.6 Å². The monoisotopic (exact) mass is 296 g/mol. The normalized spacial score (nSPS) is 10.4. The van der Waals surface area contributed by atoms with E-state index in [-0.39, 0.29) is 5.28 Å². The first-order chi connectivity index (χ1) is 10.2. The van der Waals surface area contributed by atoms with Gasteiger partial charge in [0.2, 0.25) is 11.2 Å². The molecule has 0 radical (unpaired) electrons. The minimum atomic E-state index is 0.183. The number of aryl methyl sites for hydroxylation is 1. The Bertz CT molecular complexity index is 739. The maximum absolute atomic E-state index is 5.89. The molecule has 1 aromatic heterocycles. The van der Waals surface area contributed by atoms with Crippen LogP contribution in [0, 0.1) is 6.92 Å². The molecule has 0 aliphatic carbocycles. The van der Waals surface area contributed by atoms with Crippen LogP contribution in [-0.4, -0.2) is 9.97 Å². The first kappa shape index (κ1) is 13.6. The van der Waals surface area contributed by atoms with E-state index in [0.29, 0.717) is 5.88 Å². The number of rotatable bonds is 3. The zero-order chi connectivity index (χ0) is 14.7.